The number of aliphatic carboxylic acids is 2. The SMILES string of the molecule is O=C(N[C@H](C(=O)O)C(Cc1ccccc1)C(=O)O)OCC1c2ccccc2-c2ccccc21. The van der Waals surface area contributed by atoms with Gasteiger partial charge in [0.15, 0.2) is 0 Å². The molecule has 3 aromatic rings. The lowest BCUT2D eigenvalue weighted by atomic mass is 9.92. The fourth-order valence-corrected chi connectivity index (χ4v) is 4.32. The van der Waals surface area contributed by atoms with Crippen molar-refractivity contribution in [3.05, 3.63) is 95.6 Å². The molecule has 1 aliphatic rings. The number of benzene rings is 3. The summed E-state index contributed by atoms with van der Waals surface area (Å²) in [7, 11) is 0. The zero-order chi connectivity index (χ0) is 23.4. The Balaban J connectivity index is 1.47. The van der Waals surface area contributed by atoms with Gasteiger partial charge in [-0.2, -0.15) is 0 Å². The van der Waals surface area contributed by atoms with Crippen LogP contribution in [0.1, 0.15) is 22.6 Å². The molecule has 0 saturated heterocycles. The predicted octanol–water partition coefficient (Wildman–Crippen LogP) is 3.92. The topological polar surface area (TPSA) is 113 Å². The van der Waals surface area contributed by atoms with Gasteiger partial charge in [0, 0.05) is 5.92 Å². The van der Waals surface area contributed by atoms with E-state index in [9.17, 15) is 24.6 Å². The monoisotopic (exact) mass is 445 g/mol. The van der Waals surface area contributed by atoms with Crippen LogP contribution in [0.4, 0.5) is 4.79 Å². The Morgan fingerprint density at radius 3 is 1.88 bits per heavy atom. The summed E-state index contributed by atoms with van der Waals surface area (Å²) in [5.74, 6) is -4.30. The van der Waals surface area contributed by atoms with Crippen molar-refractivity contribution in [2.24, 2.45) is 5.92 Å². The van der Waals surface area contributed by atoms with Crippen LogP contribution in [0.5, 0.6) is 0 Å². The quantitative estimate of drug-likeness (QED) is 0.484. The van der Waals surface area contributed by atoms with E-state index in [0.717, 1.165) is 22.3 Å². The number of carbonyl (C=O) groups excluding carboxylic acids is 1. The van der Waals surface area contributed by atoms with Crippen LogP contribution in [0.25, 0.3) is 11.1 Å². The molecule has 0 radical (unpaired) electrons. The molecule has 1 amide bonds. The highest BCUT2D eigenvalue weighted by atomic mass is 16.5. The van der Waals surface area contributed by atoms with Crippen LogP contribution in [-0.4, -0.2) is 40.9 Å². The van der Waals surface area contributed by atoms with Crippen molar-refractivity contribution >= 4 is 18.0 Å². The molecular formula is C26H23NO6. The fourth-order valence-electron chi connectivity index (χ4n) is 4.32. The zero-order valence-electron chi connectivity index (χ0n) is 17.7. The van der Waals surface area contributed by atoms with E-state index in [1.165, 1.54) is 0 Å². The minimum Gasteiger partial charge on any atom is -0.481 e. The number of hydrogen-bond donors (Lipinski definition) is 3. The van der Waals surface area contributed by atoms with Crippen molar-refractivity contribution in [2.45, 2.75) is 18.4 Å². The van der Waals surface area contributed by atoms with Crippen LogP contribution in [-0.2, 0) is 20.7 Å². The molecule has 0 bridgehead atoms. The number of carbonyl (C=O) groups is 3. The zero-order valence-corrected chi connectivity index (χ0v) is 17.7. The highest BCUT2D eigenvalue weighted by Crippen LogP contribution is 2.44. The summed E-state index contributed by atoms with van der Waals surface area (Å²) in [5, 5.41) is 21.5. The molecule has 168 valence electrons. The van der Waals surface area contributed by atoms with E-state index < -0.39 is 30.0 Å². The summed E-state index contributed by atoms with van der Waals surface area (Å²) in [6.45, 7) is 0.00260. The van der Waals surface area contributed by atoms with Gasteiger partial charge in [0.05, 0.1) is 5.92 Å². The maximum absolute atomic E-state index is 12.5. The number of ether oxygens (including phenoxy) is 1. The van der Waals surface area contributed by atoms with E-state index in [1.54, 1.807) is 30.3 Å². The smallest absolute Gasteiger partial charge is 0.407 e. The van der Waals surface area contributed by atoms with Crippen molar-refractivity contribution in [3.8, 4) is 11.1 Å². The van der Waals surface area contributed by atoms with Gasteiger partial charge >= 0.3 is 18.0 Å². The molecule has 0 fully saturated rings. The van der Waals surface area contributed by atoms with Gasteiger partial charge in [0.25, 0.3) is 0 Å². The number of carboxylic acids is 2. The Morgan fingerprint density at radius 2 is 1.33 bits per heavy atom. The van der Waals surface area contributed by atoms with Crippen molar-refractivity contribution in [3.63, 3.8) is 0 Å². The Bertz CT molecular complexity index is 1130. The fraction of sp³-hybridized carbons (Fsp3) is 0.192. The van der Waals surface area contributed by atoms with Gasteiger partial charge in [-0.15, -0.1) is 0 Å². The lowest BCUT2D eigenvalue weighted by Crippen LogP contribution is -2.49. The third-order valence-electron chi connectivity index (χ3n) is 5.90. The molecule has 0 saturated carbocycles. The van der Waals surface area contributed by atoms with E-state index in [-0.39, 0.29) is 18.9 Å². The van der Waals surface area contributed by atoms with Crippen molar-refractivity contribution in [2.75, 3.05) is 6.61 Å². The van der Waals surface area contributed by atoms with E-state index in [4.69, 9.17) is 4.74 Å². The molecule has 0 spiro atoms. The van der Waals surface area contributed by atoms with Gasteiger partial charge < -0.3 is 20.3 Å². The number of alkyl carbamates (subject to hydrolysis) is 1. The van der Waals surface area contributed by atoms with Crippen molar-refractivity contribution in [1.29, 1.82) is 0 Å². The number of rotatable bonds is 8. The van der Waals surface area contributed by atoms with Gasteiger partial charge in [-0.25, -0.2) is 9.59 Å². The number of fused-ring (bicyclic) bond motifs is 3. The second-order valence-electron chi connectivity index (χ2n) is 7.92. The largest absolute Gasteiger partial charge is 0.481 e. The summed E-state index contributed by atoms with van der Waals surface area (Å²) in [6.07, 6.45) is -1.01. The summed E-state index contributed by atoms with van der Waals surface area (Å²) in [6, 6.07) is 22.7. The lowest BCUT2D eigenvalue weighted by molar-refractivity contribution is -0.150. The molecular weight excluding hydrogens is 422 g/mol. The molecule has 7 heteroatoms. The third-order valence-corrected chi connectivity index (χ3v) is 5.90. The molecule has 3 aromatic carbocycles. The second-order valence-corrected chi connectivity index (χ2v) is 7.92. The number of amides is 1. The normalized spacial score (nSPS) is 13.9. The minimum absolute atomic E-state index is 0.00260. The van der Waals surface area contributed by atoms with E-state index >= 15 is 0 Å². The summed E-state index contributed by atoms with van der Waals surface area (Å²) >= 11 is 0. The highest BCUT2D eigenvalue weighted by molar-refractivity contribution is 5.86. The number of hydrogen-bond acceptors (Lipinski definition) is 4. The number of nitrogens with one attached hydrogen (secondary N) is 1. The highest BCUT2D eigenvalue weighted by Gasteiger charge is 2.36. The van der Waals surface area contributed by atoms with Crippen LogP contribution in [0.15, 0.2) is 78.9 Å². The average molecular weight is 445 g/mol. The van der Waals surface area contributed by atoms with E-state index in [1.807, 2.05) is 48.5 Å². The van der Waals surface area contributed by atoms with Gasteiger partial charge in [0.1, 0.15) is 12.6 Å². The average Bonchev–Trinajstić information content (AvgIpc) is 3.14. The summed E-state index contributed by atoms with van der Waals surface area (Å²) in [4.78, 5) is 36.2. The van der Waals surface area contributed by atoms with E-state index in [0.29, 0.717) is 5.56 Å². The van der Waals surface area contributed by atoms with Crippen LogP contribution in [0.2, 0.25) is 0 Å². The molecule has 0 heterocycles. The van der Waals surface area contributed by atoms with Crippen LogP contribution in [0, 0.1) is 5.92 Å². The van der Waals surface area contributed by atoms with Crippen LogP contribution in [0.3, 0.4) is 0 Å². The van der Waals surface area contributed by atoms with Crippen LogP contribution >= 0.6 is 0 Å². The molecule has 0 aromatic heterocycles. The predicted molar refractivity (Wildman–Crippen MR) is 121 cm³/mol. The summed E-state index contributed by atoms with van der Waals surface area (Å²) < 4.78 is 5.39. The molecule has 0 aliphatic heterocycles. The Kier molecular flexibility index (Phi) is 6.40. The molecule has 2 atom stereocenters. The van der Waals surface area contributed by atoms with Gasteiger partial charge in [-0.05, 0) is 34.2 Å². The number of carboxylic acid groups (broad SMARTS) is 2. The first-order chi connectivity index (χ1) is 16.0. The van der Waals surface area contributed by atoms with Gasteiger partial charge in [-0.3, -0.25) is 4.79 Å². The lowest BCUT2D eigenvalue weighted by Gasteiger charge is -2.22. The first kappa shape index (κ1) is 22.1. The molecule has 4 rings (SSSR count). The molecule has 1 unspecified atom stereocenters. The standard InChI is InChI=1S/C26H23NO6/c28-24(29)21(14-16-8-2-1-3-9-16)23(25(30)31)27-26(32)33-15-22-19-12-6-4-10-17(19)18-11-5-7-13-20(18)22/h1-13,21-23H,14-15H2,(H,27,32)(H,28,29)(H,30,31)/t21?,23-/m0/s1. The Morgan fingerprint density at radius 1 is 0.788 bits per heavy atom. The Hall–Kier alpha value is -4.13. The van der Waals surface area contributed by atoms with Gasteiger partial charge in [0.2, 0.25) is 0 Å². The maximum Gasteiger partial charge on any atom is 0.407 e. The van der Waals surface area contributed by atoms with E-state index in [2.05, 4.69) is 5.32 Å². The molecule has 33 heavy (non-hydrogen) atoms. The van der Waals surface area contributed by atoms with Crippen LogP contribution < -0.4 is 5.32 Å². The molecule has 1 aliphatic carbocycles. The Labute approximate surface area is 190 Å². The molecule has 3 N–H and O–H groups in total. The first-order valence-corrected chi connectivity index (χ1v) is 10.6. The third kappa shape index (κ3) is 4.72. The van der Waals surface area contributed by atoms with Crippen molar-refractivity contribution in [1.82, 2.24) is 5.32 Å². The summed E-state index contributed by atoms with van der Waals surface area (Å²) in [5.41, 5.74) is 4.84. The van der Waals surface area contributed by atoms with Gasteiger partial charge in [-0.1, -0.05) is 78.9 Å². The van der Waals surface area contributed by atoms with Crippen molar-refractivity contribution < 1.29 is 29.3 Å². The maximum atomic E-state index is 12.5. The second kappa shape index (κ2) is 9.56. The first-order valence-electron chi connectivity index (χ1n) is 10.6. The minimum atomic E-state index is -1.64. The molecule has 7 nitrogen and oxygen atoms in total.